The van der Waals surface area contributed by atoms with E-state index in [0.717, 1.165) is 31.7 Å². The zero-order chi connectivity index (χ0) is 15.5. The van der Waals surface area contributed by atoms with Gasteiger partial charge in [-0.1, -0.05) is 0 Å². The molecule has 1 aliphatic heterocycles. The molecule has 0 amide bonds. The number of hydrogen-bond donors (Lipinski definition) is 1. The summed E-state index contributed by atoms with van der Waals surface area (Å²) >= 11 is 1.53. The van der Waals surface area contributed by atoms with Crippen LogP contribution in [0.5, 0.6) is 5.75 Å². The molecule has 3 nitrogen and oxygen atoms in total. The van der Waals surface area contributed by atoms with Gasteiger partial charge in [-0.15, -0.1) is 12.4 Å². The number of methoxy groups -OCH3 is 1. The van der Waals surface area contributed by atoms with Crippen molar-refractivity contribution >= 4 is 23.7 Å². The number of halogens is 3. The fourth-order valence-electron chi connectivity index (χ4n) is 2.87. The third kappa shape index (κ3) is 3.83. The molecule has 7 heteroatoms. The molecule has 1 aromatic carbocycles. The second-order valence-corrected chi connectivity index (χ2v) is 6.03. The van der Waals surface area contributed by atoms with E-state index in [9.17, 15) is 8.78 Å². The highest BCUT2D eigenvalue weighted by Crippen LogP contribution is 2.35. The summed E-state index contributed by atoms with van der Waals surface area (Å²) in [5.41, 5.74) is 1.02. The Balaban J connectivity index is 0.00000192. The van der Waals surface area contributed by atoms with Crippen LogP contribution < -0.4 is 10.1 Å². The number of rotatable bonds is 4. The standard InChI is InChI=1S/C16H18F2N2OS.ClH/c1-21-12-8-13(17)15(14(18)9-12)16(11-2-7-22-10-11)20-5-3-19-4-6-20;/h2,7-10,16,19H,3-6H2,1H3;1H/t16-;/m1./s1. The van der Waals surface area contributed by atoms with E-state index in [4.69, 9.17) is 4.74 Å². The minimum Gasteiger partial charge on any atom is -0.497 e. The summed E-state index contributed by atoms with van der Waals surface area (Å²) < 4.78 is 34.0. The van der Waals surface area contributed by atoms with Crippen molar-refractivity contribution in [3.63, 3.8) is 0 Å². The van der Waals surface area contributed by atoms with Crippen LogP contribution in [-0.4, -0.2) is 38.2 Å². The first kappa shape index (κ1) is 18.1. The van der Waals surface area contributed by atoms with Gasteiger partial charge in [0.2, 0.25) is 0 Å². The molecule has 1 N–H and O–H groups in total. The Morgan fingerprint density at radius 2 is 1.87 bits per heavy atom. The Kier molecular flexibility index (Phi) is 6.35. The molecule has 1 atom stereocenters. The van der Waals surface area contributed by atoms with Crippen LogP contribution in [0.4, 0.5) is 8.78 Å². The molecule has 0 saturated carbocycles. The molecule has 1 fully saturated rings. The highest BCUT2D eigenvalue weighted by molar-refractivity contribution is 7.08. The van der Waals surface area contributed by atoms with Gasteiger partial charge in [-0.2, -0.15) is 11.3 Å². The summed E-state index contributed by atoms with van der Waals surface area (Å²) in [6.45, 7) is 3.15. The van der Waals surface area contributed by atoms with Crippen LogP contribution in [0, 0.1) is 11.6 Å². The highest BCUT2D eigenvalue weighted by Gasteiger charge is 2.29. The zero-order valence-electron chi connectivity index (χ0n) is 12.7. The summed E-state index contributed by atoms with van der Waals surface area (Å²) in [7, 11) is 1.40. The fraction of sp³-hybridized carbons (Fsp3) is 0.375. The quantitative estimate of drug-likeness (QED) is 0.903. The molecule has 2 aromatic rings. The molecule has 1 aromatic heterocycles. The maximum Gasteiger partial charge on any atom is 0.134 e. The summed E-state index contributed by atoms with van der Waals surface area (Å²) in [6, 6.07) is 4.03. The lowest BCUT2D eigenvalue weighted by atomic mass is 9.97. The maximum absolute atomic E-state index is 14.5. The van der Waals surface area contributed by atoms with E-state index >= 15 is 0 Å². The lowest BCUT2D eigenvalue weighted by molar-refractivity contribution is 0.192. The second-order valence-electron chi connectivity index (χ2n) is 5.25. The van der Waals surface area contributed by atoms with Crippen LogP contribution in [0.3, 0.4) is 0 Å². The van der Waals surface area contributed by atoms with E-state index in [-0.39, 0.29) is 23.7 Å². The van der Waals surface area contributed by atoms with Crippen molar-refractivity contribution < 1.29 is 13.5 Å². The monoisotopic (exact) mass is 360 g/mol. The molecule has 0 radical (unpaired) electrons. The van der Waals surface area contributed by atoms with Crippen molar-refractivity contribution in [2.75, 3.05) is 33.3 Å². The van der Waals surface area contributed by atoms with Crippen molar-refractivity contribution in [1.82, 2.24) is 10.2 Å². The second kappa shape index (κ2) is 8.06. The minimum atomic E-state index is -0.563. The lowest BCUT2D eigenvalue weighted by Crippen LogP contribution is -2.45. The molecule has 0 spiro atoms. The molecular weight excluding hydrogens is 342 g/mol. The Labute approximate surface area is 144 Å². The first-order chi connectivity index (χ1) is 10.7. The molecule has 1 saturated heterocycles. The lowest BCUT2D eigenvalue weighted by Gasteiger charge is -2.35. The smallest absolute Gasteiger partial charge is 0.134 e. The SMILES string of the molecule is COc1cc(F)c([C@@H](c2ccsc2)N2CCNCC2)c(F)c1.Cl. The largest absolute Gasteiger partial charge is 0.497 e. The maximum atomic E-state index is 14.5. The molecule has 0 aliphatic carbocycles. The van der Waals surface area contributed by atoms with Crippen LogP contribution in [0.1, 0.15) is 17.2 Å². The van der Waals surface area contributed by atoms with E-state index in [1.165, 1.54) is 30.6 Å². The third-order valence-electron chi connectivity index (χ3n) is 3.94. The van der Waals surface area contributed by atoms with E-state index < -0.39 is 17.7 Å². The topological polar surface area (TPSA) is 24.5 Å². The average Bonchev–Trinajstić information content (AvgIpc) is 3.05. The number of nitrogens with one attached hydrogen (secondary N) is 1. The molecule has 23 heavy (non-hydrogen) atoms. The van der Waals surface area contributed by atoms with E-state index in [0.29, 0.717) is 0 Å². The number of hydrogen-bond acceptors (Lipinski definition) is 4. The van der Waals surface area contributed by atoms with Crippen molar-refractivity contribution in [2.24, 2.45) is 0 Å². The average molecular weight is 361 g/mol. The summed E-state index contributed by atoms with van der Waals surface area (Å²) in [5, 5.41) is 7.16. The van der Waals surface area contributed by atoms with Crippen LogP contribution in [0.25, 0.3) is 0 Å². The Morgan fingerprint density at radius 3 is 2.39 bits per heavy atom. The predicted molar refractivity (Wildman–Crippen MR) is 90.8 cm³/mol. The van der Waals surface area contributed by atoms with Crippen molar-refractivity contribution in [2.45, 2.75) is 6.04 Å². The number of ether oxygens (including phenoxy) is 1. The van der Waals surface area contributed by atoms with E-state index in [1.54, 1.807) is 0 Å². The number of thiophene rings is 1. The van der Waals surface area contributed by atoms with Crippen LogP contribution in [-0.2, 0) is 0 Å². The van der Waals surface area contributed by atoms with Crippen LogP contribution in [0.2, 0.25) is 0 Å². The predicted octanol–water partition coefficient (Wildman–Crippen LogP) is 3.45. The molecule has 2 heterocycles. The number of nitrogens with zero attached hydrogens (tertiary/aromatic N) is 1. The highest BCUT2D eigenvalue weighted by atomic mass is 35.5. The molecule has 126 valence electrons. The normalized spacial score (nSPS) is 16.7. The number of piperazine rings is 1. The first-order valence-corrected chi connectivity index (χ1v) is 8.15. The van der Waals surface area contributed by atoms with Gasteiger partial charge in [0.05, 0.1) is 13.2 Å². The molecule has 0 bridgehead atoms. The van der Waals surface area contributed by atoms with Gasteiger partial charge in [-0.05, 0) is 22.4 Å². The van der Waals surface area contributed by atoms with Gasteiger partial charge in [0.25, 0.3) is 0 Å². The first-order valence-electron chi connectivity index (χ1n) is 7.20. The van der Waals surface area contributed by atoms with Crippen LogP contribution in [0.15, 0.2) is 29.0 Å². The third-order valence-corrected chi connectivity index (χ3v) is 4.64. The van der Waals surface area contributed by atoms with Crippen molar-refractivity contribution in [3.05, 3.63) is 51.7 Å². The van der Waals surface area contributed by atoms with Gasteiger partial charge in [-0.25, -0.2) is 8.78 Å². The van der Waals surface area contributed by atoms with Gasteiger partial charge in [0.15, 0.2) is 0 Å². The van der Waals surface area contributed by atoms with Gasteiger partial charge in [-0.3, -0.25) is 4.90 Å². The summed E-state index contributed by atoms with van der Waals surface area (Å²) in [6.07, 6.45) is 0. The molecule has 3 rings (SSSR count). The molecule has 1 aliphatic rings. The number of benzene rings is 1. The zero-order valence-corrected chi connectivity index (χ0v) is 14.4. The van der Waals surface area contributed by atoms with E-state index in [2.05, 4.69) is 10.2 Å². The summed E-state index contributed by atoms with van der Waals surface area (Å²) in [5.74, 6) is -0.929. The molecule has 0 unspecified atom stereocenters. The van der Waals surface area contributed by atoms with Crippen molar-refractivity contribution in [3.8, 4) is 5.75 Å². The summed E-state index contributed by atoms with van der Waals surface area (Å²) in [4.78, 5) is 2.12. The van der Waals surface area contributed by atoms with Gasteiger partial charge < -0.3 is 10.1 Å². The van der Waals surface area contributed by atoms with Gasteiger partial charge in [0.1, 0.15) is 17.4 Å². The van der Waals surface area contributed by atoms with Gasteiger partial charge in [0, 0.05) is 43.9 Å². The van der Waals surface area contributed by atoms with Crippen molar-refractivity contribution in [1.29, 1.82) is 0 Å². The van der Waals surface area contributed by atoms with Crippen LogP contribution >= 0.6 is 23.7 Å². The minimum absolute atomic E-state index is 0. The van der Waals surface area contributed by atoms with Gasteiger partial charge >= 0.3 is 0 Å². The Morgan fingerprint density at radius 1 is 1.22 bits per heavy atom. The molecular formula is C16H19ClF2N2OS. The fourth-order valence-corrected chi connectivity index (χ4v) is 3.55. The van der Waals surface area contributed by atoms with E-state index in [1.807, 2.05) is 16.8 Å². The Hall–Kier alpha value is -1.21. The Bertz CT molecular complexity index is 610.